The second-order valence-corrected chi connectivity index (χ2v) is 6.49. The molecule has 0 aromatic heterocycles. The van der Waals surface area contributed by atoms with Gasteiger partial charge in [0.2, 0.25) is 0 Å². The number of Topliss-reactive ketones (excluding diaryl/α,β-unsaturated/α-hetero) is 1. The number of ketones is 1. The number of alkyl halides is 3. The molecule has 0 radical (unpaired) electrons. The Morgan fingerprint density at radius 1 is 1.42 bits per heavy atom. The number of nitro groups is 1. The topological polar surface area (TPSA) is 113 Å². The number of hydrogen-bond donors (Lipinski definition) is 0. The third-order valence-electron chi connectivity index (χ3n) is 3.33. The molecule has 1 aliphatic heterocycles. The number of carbonyl (C=O) groups excluding carboxylic acids is 1. The highest BCUT2D eigenvalue weighted by Gasteiger charge is 2.49. The monoisotopic (exact) mass is 369 g/mol. The number of rotatable bonds is 4. The lowest BCUT2D eigenvalue weighted by Crippen LogP contribution is -2.30. The average Bonchev–Trinajstić information content (AvgIpc) is 2.45. The van der Waals surface area contributed by atoms with Crippen LogP contribution in [-0.4, -0.2) is 31.2 Å². The van der Waals surface area contributed by atoms with E-state index in [-0.39, 0.29) is 24.4 Å². The minimum atomic E-state index is -5.96. The number of carbonyl (C=O) groups is 1. The van der Waals surface area contributed by atoms with Crippen LogP contribution in [0.2, 0.25) is 0 Å². The summed E-state index contributed by atoms with van der Waals surface area (Å²) in [5.74, 6) is -2.38. The van der Waals surface area contributed by atoms with Crippen molar-refractivity contribution >= 4 is 21.6 Å². The molecule has 0 saturated carbocycles. The van der Waals surface area contributed by atoms with E-state index >= 15 is 0 Å². The Kier molecular flexibility index (Phi) is 4.44. The minimum Gasteiger partial charge on any atom is -0.488 e. The predicted molar refractivity (Wildman–Crippen MR) is 72.1 cm³/mol. The van der Waals surface area contributed by atoms with Crippen molar-refractivity contribution in [3.05, 3.63) is 27.8 Å². The largest absolute Gasteiger partial charge is 0.534 e. The van der Waals surface area contributed by atoms with Crippen LogP contribution < -0.4 is 8.92 Å². The Morgan fingerprint density at radius 2 is 2.04 bits per heavy atom. The van der Waals surface area contributed by atoms with Gasteiger partial charge in [-0.3, -0.25) is 14.9 Å². The van der Waals surface area contributed by atoms with E-state index in [4.69, 9.17) is 4.74 Å². The molecule has 1 unspecified atom stereocenters. The molecule has 0 aliphatic carbocycles. The van der Waals surface area contributed by atoms with Gasteiger partial charge in [0.15, 0.2) is 11.5 Å². The molecular weight excluding hydrogens is 359 g/mol. The van der Waals surface area contributed by atoms with Gasteiger partial charge in [-0.1, -0.05) is 0 Å². The number of fused-ring (bicyclic) bond motifs is 1. The number of halogens is 3. The van der Waals surface area contributed by atoms with Gasteiger partial charge in [0.1, 0.15) is 5.78 Å². The van der Waals surface area contributed by atoms with Gasteiger partial charge in [0, 0.05) is 6.07 Å². The molecule has 0 saturated heterocycles. The first-order valence-corrected chi connectivity index (χ1v) is 7.79. The summed E-state index contributed by atoms with van der Waals surface area (Å²) in [6.45, 7) is 0.977. The van der Waals surface area contributed by atoms with Crippen LogP contribution in [0, 0.1) is 16.0 Å². The molecule has 132 valence electrons. The van der Waals surface area contributed by atoms with Gasteiger partial charge in [-0.15, -0.1) is 0 Å². The molecule has 2 rings (SSSR count). The van der Waals surface area contributed by atoms with Crippen molar-refractivity contribution in [2.75, 3.05) is 6.61 Å². The molecule has 0 fully saturated rings. The zero-order chi connectivity index (χ0) is 18.3. The summed E-state index contributed by atoms with van der Waals surface area (Å²) in [7, 11) is -5.96. The van der Waals surface area contributed by atoms with Crippen LogP contribution >= 0.6 is 0 Å². The number of nitro benzene ring substituents is 1. The Bertz CT molecular complexity index is 804. The fraction of sp³-hybridized carbons (Fsp3) is 0.417. The average molecular weight is 369 g/mol. The van der Waals surface area contributed by atoms with Gasteiger partial charge in [-0.2, -0.15) is 21.6 Å². The Morgan fingerprint density at radius 3 is 2.54 bits per heavy atom. The summed E-state index contributed by atoms with van der Waals surface area (Å²) >= 11 is 0. The molecule has 0 N–H and O–H groups in total. The van der Waals surface area contributed by atoms with Gasteiger partial charge in [-0.05, 0) is 19.4 Å². The molecule has 1 heterocycles. The van der Waals surface area contributed by atoms with Crippen molar-refractivity contribution < 1.29 is 40.2 Å². The fourth-order valence-electron chi connectivity index (χ4n) is 2.10. The second-order valence-electron chi connectivity index (χ2n) is 4.95. The molecule has 12 heteroatoms. The predicted octanol–water partition coefficient (Wildman–Crippen LogP) is 1.96. The van der Waals surface area contributed by atoms with Gasteiger partial charge < -0.3 is 8.92 Å². The van der Waals surface area contributed by atoms with Crippen molar-refractivity contribution in [2.45, 2.75) is 18.9 Å². The van der Waals surface area contributed by atoms with E-state index in [0.29, 0.717) is 6.07 Å². The third-order valence-corrected chi connectivity index (χ3v) is 4.30. The third kappa shape index (κ3) is 3.27. The van der Waals surface area contributed by atoms with E-state index in [1.54, 1.807) is 0 Å². The van der Waals surface area contributed by atoms with Crippen molar-refractivity contribution in [3.63, 3.8) is 0 Å². The van der Waals surface area contributed by atoms with Gasteiger partial charge in [0.05, 0.1) is 23.0 Å². The lowest BCUT2D eigenvalue weighted by molar-refractivity contribution is -0.385. The second kappa shape index (κ2) is 5.92. The lowest BCUT2D eigenvalue weighted by atomic mass is 9.92. The number of benzene rings is 1. The zero-order valence-electron chi connectivity index (χ0n) is 12.0. The van der Waals surface area contributed by atoms with Crippen LogP contribution in [-0.2, 0) is 21.3 Å². The quantitative estimate of drug-likeness (QED) is 0.345. The Balaban J connectivity index is 2.53. The molecule has 1 aromatic rings. The summed E-state index contributed by atoms with van der Waals surface area (Å²) in [6.07, 6.45) is -0.176. The summed E-state index contributed by atoms with van der Waals surface area (Å²) in [5.41, 5.74) is -6.37. The van der Waals surface area contributed by atoms with E-state index in [1.807, 2.05) is 0 Å². The molecule has 8 nitrogen and oxygen atoms in total. The van der Waals surface area contributed by atoms with Gasteiger partial charge in [0.25, 0.3) is 5.69 Å². The highest BCUT2D eigenvalue weighted by atomic mass is 32.2. The number of ether oxygens (including phenoxy) is 1. The summed E-state index contributed by atoms with van der Waals surface area (Å²) in [4.78, 5) is 21.6. The Hall–Kier alpha value is -2.37. The van der Waals surface area contributed by atoms with Gasteiger partial charge in [-0.25, -0.2) is 0 Å². The molecular formula is C12H10F3NO7S. The molecule has 1 aliphatic rings. The first kappa shape index (κ1) is 18.0. The Labute approximate surface area is 133 Å². The maximum Gasteiger partial charge on any atom is 0.534 e. The highest BCUT2D eigenvalue weighted by Crippen LogP contribution is 2.43. The smallest absolute Gasteiger partial charge is 0.488 e. The maximum atomic E-state index is 12.4. The maximum absolute atomic E-state index is 12.4. The molecule has 0 bridgehead atoms. The van der Waals surface area contributed by atoms with Crippen molar-refractivity contribution in [1.82, 2.24) is 0 Å². The van der Waals surface area contributed by atoms with E-state index in [1.165, 1.54) is 6.92 Å². The van der Waals surface area contributed by atoms with Crippen LogP contribution in [0.4, 0.5) is 18.9 Å². The molecule has 1 aromatic carbocycles. The van der Waals surface area contributed by atoms with Gasteiger partial charge >= 0.3 is 15.6 Å². The van der Waals surface area contributed by atoms with E-state index in [9.17, 15) is 36.5 Å². The normalized spacial score (nSPS) is 17.6. The fourth-order valence-corrected chi connectivity index (χ4v) is 2.57. The zero-order valence-corrected chi connectivity index (χ0v) is 12.8. The van der Waals surface area contributed by atoms with Crippen LogP contribution in [0.25, 0.3) is 0 Å². The first-order chi connectivity index (χ1) is 10.9. The van der Waals surface area contributed by atoms with Crippen LogP contribution in [0.3, 0.4) is 0 Å². The summed E-state index contributed by atoms with van der Waals surface area (Å²) in [6, 6.07) is 1.50. The lowest BCUT2D eigenvalue weighted by Gasteiger charge is -2.25. The molecule has 24 heavy (non-hydrogen) atoms. The van der Waals surface area contributed by atoms with Crippen molar-refractivity contribution in [1.29, 1.82) is 0 Å². The van der Waals surface area contributed by atoms with E-state index in [0.717, 1.165) is 6.07 Å². The van der Waals surface area contributed by atoms with Crippen molar-refractivity contribution in [3.8, 4) is 11.5 Å². The van der Waals surface area contributed by atoms with Crippen LogP contribution in [0.1, 0.15) is 12.5 Å². The highest BCUT2D eigenvalue weighted by molar-refractivity contribution is 7.88. The molecule has 0 amide bonds. The standard InChI is InChI=1S/C12H10F3NO7S/c1-6(17)7-4-8-9(16(18)19)2-3-10(11(8)22-5-7)23-24(20,21)12(13,14)15/h2-3,7H,4-5H2,1H3. The van der Waals surface area contributed by atoms with Crippen LogP contribution in [0.5, 0.6) is 11.5 Å². The summed E-state index contributed by atoms with van der Waals surface area (Å²) in [5, 5.41) is 11.0. The van der Waals surface area contributed by atoms with Crippen LogP contribution in [0.15, 0.2) is 12.1 Å². The molecule has 0 spiro atoms. The van der Waals surface area contributed by atoms with E-state index < -0.39 is 43.7 Å². The summed E-state index contributed by atoms with van der Waals surface area (Å²) < 4.78 is 68.6. The number of nitrogens with zero attached hydrogens (tertiary/aromatic N) is 1. The SMILES string of the molecule is CC(=O)C1COc2c(OS(=O)(=O)C(F)(F)F)ccc([N+](=O)[O-])c2C1. The first-order valence-electron chi connectivity index (χ1n) is 6.38. The molecule has 1 atom stereocenters. The minimum absolute atomic E-state index is 0.176. The number of hydrogen-bond acceptors (Lipinski definition) is 7. The van der Waals surface area contributed by atoms with E-state index in [2.05, 4.69) is 4.18 Å². The van der Waals surface area contributed by atoms with Crippen molar-refractivity contribution in [2.24, 2.45) is 5.92 Å².